The molecule has 0 aliphatic heterocycles. The highest BCUT2D eigenvalue weighted by Crippen LogP contribution is 2.44. The van der Waals surface area contributed by atoms with Gasteiger partial charge in [-0.25, -0.2) is 4.98 Å². The van der Waals surface area contributed by atoms with Crippen molar-refractivity contribution in [1.82, 2.24) is 14.1 Å². The van der Waals surface area contributed by atoms with Crippen LogP contribution in [0.5, 0.6) is 11.5 Å². The molecule has 5 nitrogen and oxygen atoms in total. The second-order valence-corrected chi connectivity index (χ2v) is 22.6. The number of imidazole rings is 1. The highest BCUT2D eigenvalue weighted by molar-refractivity contribution is 6.11. The number of para-hydroxylation sites is 1. The van der Waals surface area contributed by atoms with E-state index in [-0.39, 0.29) is 27.1 Å². The van der Waals surface area contributed by atoms with Crippen LogP contribution in [0.1, 0.15) is 129 Å². The van der Waals surface area contributed by atoms with E-state index in [1.54, 1.807) is 0 Å². The van der Waals surface area contributed by atoms with Crippen LogP contribution in [0, 0.1) is 6.33 Å². The largest absolute Gasteiger partial charge is 0.458 e. The van der Waals surface area contributed by atoms with Crippen LogP contribution in [0.3, 0.4) is 0 Å². The molecule has 3 heterocycles. The summed E-state index contributed by atoms with van der Waals surface area (Å²) in [4.78, 5) is 5.00. The monoisotopic (exact) mass is 883 g/mol. The third-order valence-electron chi connectivity index (χ3n) is 13.9. The van der Waals surface area contributed by atoms with Gasteiger partial charge in [-0.2, -0.15) is 0 Å². The molecular formula is C62H66N4O. The summed E-state index contributed by atoms with van der Waals surface area (Å²) in [5.74, 6) is 2.42. The lowest BCUT2D eigenvalue weighted by atomic mass is 9.75. The van der Waals surface area contributed by atoms with E-state index in [2.05, 4.69) is 268 Å². The van der Waals surface area contributed by atoms with Crippen molar-refractivity contribution >= 4 is 21.8 Å². The minimum atomic E-state index is -0.339. The summed E-state index contributed by atoms with van der Waals surface area (Å²) in [7, 11) is 0. The first-order valence-corrected chi connectivity index (χ1v) is 23.8. The van der Waals surface area contributed by atoms with Gasteiger partial charge in [0.05, 0.1) is 22.4 Å². The Hall–Kier alpha value is -6.72. The molecule has 0 aliphatic rings. The van der Waals surface area contributed by atoms with Crippen molar-refractivity contribution in [3.8, 4) is 28.7 Å². The Bertz CT molecular complexity index is 3250. The molecule has 0 saturated heterocycles. The van der Waals surface area contributed by atoms with Crippen molar-refractivity contribution in [2.24, 2.45) is 0 Å². The number of hydrogen-bond donors (Lipinski definition) is 0. The van der Waals surface area contributed by atoms with E-state index in [9.17, 15) is 0 Å². The van der Waals surface area contributed by atoms with Gasteiger partial charge in [-0.15, -0.1) is 0 Å². The summed E-state index contributed by atoms with van der Waals surface area (Å²) in [5, 5.41) is 2.42. The summed E-state index contributed by atoms with van der Waals surface area (Å²) in [5.41, 5.74) is 12.0. The van der Waals surface area contributed by atoms with Crippen LogP contribution in [-0.2, 0) is 27.1 Å². The topological polar surface area (TPSA) is 35.9 Å². The third-order valence-corrected chi connectivity index (χ3v) is 13.9. The van der Waals surface area contributed by atoms with Crippen molar-refractivity contribution in [3.05, 3.63) is 209 Å². The number of rotatable bonds is 9. The van der Waals surface area contributed by atoms with Crippen LogP contribution in [0.2, 0.25) is 0 Å². The second-order valence-electron chi connectivity index (χ2n) is 22.6. The van der Waals surface area contributed by atoms with Crippen LogP contribution in [0.4, 0.5) is 0 Å². The highest BCUT2D eigenvalue weighted by atomic mass is 16.5. The molecule has 0 radical (unpaired) electrons. The Morgan fingerprint density at radius 1 is 0.493 bits per heavy atom. The van der Waals surface area contributed by atoms with Gasteiger partial charge in [-0.1, -0.05) is 175 Å². The number of fused-ring (bicyclic) bond motifs is 3. The van der Waals surface area contributed by atoms with Crippen LogP contribution in [0.15, 0.2) is 164 Å². The minimum Gasteiger partial charge on any atom is -0.458 e. The van der Waals surface area contributed by atoms with Gasteiger partial charge in [0.25, 0.3) is 6.33 Å². The van der Waals surface area contributed by atoms with Gasteiger partial charge in [0, 0.05) is 46.3 Å². The summed E-state index contributed by atoms with van der Waals surface area (Å²) in [6.45, 7) is 29.7. The SMILES string of the molecule is CC(C)(C)c1cc(-[n+]2[c-]n(-c3cc(Oc4cc(C(C)(C)C)c5c6ccccc6n(-c6cc(C(C)(C)C)ccn6)c5c4)cc(C(C)(C)c4ccccc4)c3)cc2)cc(C(C)(C)c2ccccc2)c1. The molecule has 9 aromatic rings. The van der Waals surface area contributed by atoms with Gasteiger partial charge in [0.1, 0.15) is 17.3 Å². The van der Waals surface area contributed by atoms with Gasteiger partial charge in [0.2, 0.25) is 0 Å². The molecule has 3 aromatic heterocycles. The number of nitrogens with zero attached hydrogens (tertiary/aromatic N) is 4. The lowest BCUT2D eigenvalue weighted by Gasteiger charge is -2.30. The van der Waals surface area contributed by atoms with E-state index in [4.69, 9.17) is 9.72 Å². The van der Waals surface area contributed by atoms with E-state index in [0.717, 1.165) is 45.3 Å². The first kappa shape index (κ1) is 45.4. The molecule has 0 bridgehead atoms. The summed E-state index contributed by atoms with van der Waals surface area (Å²) in [6, 6.07) is 52.7. The predicted molar refractivity (Wildman–Crippen MR) is 278 cm³/mol. The zero-order chi connectivity index (χ0) is 47.7. The van der Waals surface area contributed by atoms with Crippen LogP contribution in [0.25, 0.3) is 39.0 Å². The highest BCUT2D eigenvalue weighted by Gasteiger charge is 2.29. The molecule has 6 aromatic carbocycles. The molecule has 0 unspecified atom stereocenters. The van der Waals surface area contributed by atoms with Crippen molar-refractivity contribution in [2.75, 3.05) is 0 Å². The summed E-state index contributed by atoms with van der Waals surface area (Å²) < 4.78 is 13.7. The standard InChI is InChI=1S/C62H66N4O/c1-58(2,3)44-28-29-63-56(37-44)66-54-27-21-20-26-52(54)57-53(60(7,8)9)39-51(40-55(57)66)67-50-36-47(62(12,13)43-24-18-15-19-25-43)35-49(38-50)65-31-30-64(41-65)48-33-45(59(4,5)6)32-46(34-48)61(10,11)42-22-16-14-17-23-42/h14-40H,1-13H3. The predicted octanol–water partition coefficient (Wildman–Crippen LogP) is 15.4. The van der Waals surface area contributed by atoms with Crippen molar-refractivity contribution in [2.45, 2.75) is 117 Å². The van der Waals surface area contributed by atoms with E-state index < -0.39 is 0 Å². The summed E-state index contributed by atoms with van der Waals surface area (Å²) >= 11 is 0. The quantitative estimate of drug-likeness (QED) is 0.107. The average Bonchev–Trinajstić information content (AvgIpc) is 3.92. The summed E-state index contributed by atoms with van der Waals surface area (Å²) in [6.07, 6.45) is 9.88. The normalized spacial score (nSPS) is 12.9. The lowest BCUT2D eigenvalue weighted by molar-refractivity contribution is -0.599. The maximum atomic E-state index is 7.19. The Labute approximate surface area is 398 Å². The Balaban J connectivity index is 1.20. The molecule has 0 spiro atoms. The van der Waals surface area contributed by atoms with Gasteiger partial charge in [0.15, 0.2) is 0 Å². The van der Waals surface area contributed by atoms with Crippen LogP contribution < -0.4 is 9.30 Å². The van der Waals surface area contributed by atoms with Gasteiger partial charge < -0.3 is 4.74 Å². The molecular weight excluding hydrogens is 817 g/mol. The maximum Gasteiger partial charge on any atom is 0.268 e. The molecule has 9 rings (SSSR count). The number of ether oxygens (including phenoxy) is 1. The number of benzene rings is 6. The molecule has 0 fully saturated rings. The molecule has 0 aliphatic carbocycles. The van der Waals surface area contributed by atoms with E-state index in [1.807, 2.05) is 6.20 Å². The number of hydrogen-bond acceptors (Lipinski definition) is 2. The first-order chi connectivity index (χ1) is 31.6. The molecule has 0 N–H and O–H groups in total. The number of pyridine rings is 1. The molecule has 0 amide bonds. The van der Waals surface area contributed by atoms with Crippen molar-refractivity contribution in [3.63, 3.8) is 0 Å². The van der Waals surface area contributed by atoms with Gasteiger partial charge >= 0.3 is 0 Å². The molecule has 0 saturated carbocycles. The van der Waals surface area contributed by atoms with Crippen molar-refractivity contribution < 1.29 is 9.30 Å². The molecule has 67 heavy (non-hydrogen) atoms. The lowest BCUT2D eigenvalue weighted by Crippen LogP contribution is -2.31. The Morgan fingerprint density at radius 2 is 1.07 bits per heavy atom. The Morgan fingerprint density at radius 3 is 1.70 bits per heavy atom. The fourth-order valence-electron chi connectivity index (χ4n) is 9.44. The smallest absolute Gasteiger partial charge is 0.268 e. The minimum absolute atomic E-state index is 0.0351. The first-order valence-electron chi connectivity index (χ1n) is 23.8. The third kappa shape index (κ3) is 8.73. The van der Waals surface area contributed by atoms with Crippen LogP contribution >= 0.6 is 0 Å². The zero-order valence-electron chi connectivity index (χ0n) is 41.8. The number of aromatic nitrogens is 4. The van der Waals surface area contributed by atoms with Gasteiger partial charge in [-0.05, 0) is 110 Å². The van der Waals surface area contributed by atoms with E-state index in [1.165, 1.54) is 44.2 Å². The average molecular weight is 883 g/mol. The zero-order valence-corrected chi connectivity index (χ0v) is 41.8. The molecule has 340 valence electrons. The fraction of sp³-hybridized carbons (Fsp3) is 0.290. The second kappa shape index (κ2) is 16.6. The van der Waals surface area contributed by atoms with Crippen LogP contribution in [-0.4, -0.2) is 14.1 Å². The molecule has 0 atom stereocenters. The fourth-order valence-corrected chi connectivity index (χ4v) is 9.44. The van der Waals surface area contributed by atoms with Crippen molar-refractivity contribution in [1.29, 1.82) is 0 Å². The van der Waals surface area contributed by atoms with E-state index in [0.29, 0.717) is 0 Å². The van der Waals surface area contributed by atoms with Gasteiger partial charge in [-0.3, -0.25) is 13.7 Å². The van der Waals surface area contributed by atoms with E-state index >= 15 is 0 Å². The Kier molecular flexibility index (Phi) is 11.2. The maximum absolute atomic E-state index is 7.19. The molecule has 5 heteroatoms.